The van der Waals surface area contributed by atoms with Crippen molar-refractivity contribution >= 4 is 11.3 Å². The molecule has 132 valence electrons. The minimum atomic E-state index is -1.12. The van der Waals surface area contributed by atoms with Crippen molar-refractivity contribution in [3.05, 3.63) is 62.6 Å². The largest absolute Gasteiger partial charge is 0.316 e. The molecule has 0 atom stereocenters. The summed E-state index contributed by atoms with van der Waals surface area (Å²) < 4.78 is 16.4. The van der Waals surface area contributed by atoms with E-state index in [1.54, 1.807) is 30.2 Å². The zero-order chi connectivity index (χ0) is 17.9. The Balaban J connectivity index is 1.40. The Morgan fingerprint density at radius 2 is 1.92 bits per heavy atom. The van der Waals surface area contributed by atoms with Crippen LogP contribution in [0, 0.1) is 0 Å². The summed E-state index contributed by atoms with van der Waals surface area (Å²) in [6, 6.07) is 3.58. The molecular formula is C17H14FN5O2S. The highest BCUT2D eigenvalue weighted by molar-refractivity contribution is 7.13. The van der Waals surface area contributed by atoms with Crippen LogP contribution in [0.2, 0.25) is 0 Å². The van der Waals surface area contributed by atoms with E-state index in [0.29, 0.717) is 30.7 Å². The van der Waals surface area contributed by atoms with E-state index < -0.39 is 22.3 Å². The van der Waals surface area contributed by atoms with E-state index in [2.05, 4.69) is 15.2 Å². The normalized spacial score (nSPS) is 26.2. The summed E-state index contributed by atoms with van der Waals surface area (Å²) in [5.41, 5.74) is 0.163. The van der Waals surface area contributed by atoms with E-state index in [4.69, 9.17) is 0 Å². The van der Waals surface area contributed by atoms with Gasteiger partial charge in [-0.25, -0.2) is 4.39 Å². The first kappa shape index (κ1) is 15.6. The fraction of sp³-hybridized carbons (Fsp3) is 0.353. The van der Waals surface area contributed by atoms with Gasteiger partial charge in [0.1, 0.15) is 11.4 Å². The lowest BCUT2D eigenvalue weighted by Crippen LogP contribution is -2.72. The highest BCUT2D eigenvalue weighted by Gasteiger charge is 2.70. The van der Waals surface area contributed by atoms with Crippen molar-refractivity contribution in [1.82, 2.24) is 24.3 Å². The molecule has 0 N–H and O–H groups in total. The Hall–Kier alpha value is -2.68. The van der Waals surface area contributed by atoms with Crippen LogP contribution in [0.25, 0.3) is 10.6 Å². The number of hydrogen-bond acceptors (Lipinski definition) is 6. The molecule has 9 heteroatoms. The minimum absolute atomic E-state index is 0.158. The molecule has 3 aromatic heterocycles. The van der Waals surface area contributed by atoms with Crippen molar-refractivity contribution in [2.45, 2.75) is 37.0 Å². The number of rotatable bonds is 4. The fourth-order valence-electron chi connectivity index (χ4n) is 3.97. The Morgan fingerprint density at radius 3 is 2.54 bits per heavy atom. The third kappa shape index (κ3) is 2.20. The number of nitrogens with zero attached hydrogens (tertiary/aromatic N) is 5. The average Bonchev–Trinajstić information content (AvgIpc) is 3.11. The molecule has 0 unspecified atom stereocenters. The molecule has 3 heterocycles. The van der Waals surface area contributed by atoms with Gasteiger partial charge in [0.25, 0.3) is 0 Å². The fourth-order valence-corrected chi connectivity index (χ4v) is 4.55. The molecule has 0 aromatic carbocycles. The van der Waals surface area contributed by atoms with Gasteiger partial charge in [-0.15, -0.1) is 16.4 Å². The molecule has 2 bridgehead atoms. The molecule has 3 aromatic rings. The standard InChI is InChI=1S/C17H14FN5O2S/c18-16-7-17(8-16,9-16)23-4-3-22(14(24)15(23)25)6-11-1-2-12(21-20-11)13-5-19-10-26-13/h1-5,10H,6-9H2. The number of halogens is 1. The van der Waals surface area contributed by atoms with E-state index in [1.165, 1.54) is 20.5 Å². The van der Waals surface area contributed by atoms with Crippen LogP contribution in [-0.2, 0) is 12.1 Å². The van der Waals surface area contributed by atoms with Crippen molar-refractivity contribution in [2.24, 2.45) is 0 Å². The zero-order valence-electron chi connectivity index (χ0n) is 13.6. The van der Waals surface area contributed by atoms with Crippen LogP contribution in [0.15, 0.2) is 45.8 Å². The van der Waals surface area contributed by atoms with Gasteiger partial charge in [0.2, 0.25) is 0 Å². The first-order chi connectivity index (χ1) is 12.5. The Bertz CT molecular complexity index is 1080. The lowest BCUT2D eigenvalue weighted by Gasteiger charge is -2.65. The number of thiazole rings is 1. The number of aromatic nitrogens is 5. The van der Waals surface area contributed by atoms with Crippen molar-refractivity contribution < 1.29 is 4.39 Å². The molecule has 0 saturated heterocycles. The number of alkyl halides is 1. The summed E-state index contributed by atoms with van der Waals surface area (Å²) in [5.74, 6) is 0. The predicted molar refractivity (Wildman–Crippen MR) is 92.9 cm³/mol. The summed E-state index contributed by atoms with van der Waals surface area (Å²) in [6.45, 7) is 0.158. The Labute approximate surface area is 150 Å². The monoisotopic (exact) mass is 371 g/mol. The molecule has 0 spiro atoms. The second kappa shape index (κ2) is 5.16. The Morgan fingerprint density at radius 1 is 1.12 bits per heavy atom. The lowest BCUT2D eigenvalue weighted by atomic mass is 9.47. The first-order valence-corrected chi connectivity index (χ1v) is 9.09. The van der Waals surface area contributed by atoms with Crippen LogP contribution in [0.1, 0.15) is 25.0 Å². The highest BCUT2D eigenvalue weighted by atomic mass is 32.1. The quantitative estimate of drug-likeness (QED) is 0.650. The van der Waals surface area contributed by atoms with E-state index in [0.717, 1.165) is 4.88 Å². The molecule has 7 nitrogen and oxygen atoms in total. The van der Waals surface area contributed by atoms with Crippen LogP contribution < -0.4 is 11.1 Å². The van der Waals surface area contributed by atoms with Gasteiger partial charge < -0.3 is 9.13 Å². The summed E-state index contributed by atoms with van der Waals surface area (Å²) in [7, 11) is 0. The van der Waals surface area contributed by atoms with E-state index in [-0.39, 0.29) is 6.54 Å². The van der Waals surface area contributed by atoms with Gasteiger partial charge in [-0.1, -0.05) is 0 Å². The predicted octanol–water partition coefficient (Wildman–Crippen LogP) is 1.57. The van der Waals surface area contributed by atoms with Crippen LogP contribution in [0.5, 0.6) is 0 Å². The van der Waals surface area contributed by atoms with Crippen molar-refractivity contribution in [1.29, 1.82) is 0 Å². The molecule has 0 aliphatic heterocycles. The summed E-state index contributed by atoms with van der Waals surface area (Å²) in [5, 5.41) is 8.27. The van der Waals surface area contributed by atoms with Crippen LogP contribution in [0.4, 0.5) is 4.39 Å². The zero-order valence-corrected chi connectivity index (χ0v) is 14.4. The van der Waals surface area contributed by atoms with E-state index in [1.807, 2.05) is 6.07 Å². The average molecular weight is 371 g/mol. The maximum absolute atomic E-state index is 13.7. The maximum Gasteiger partial charge on any atom is 0.316 e. The van der Waals surface area contributed by atoms with Crippen molar-refractivity contribution in [2.75, 3.05) is 0 Å². The van der Waals surface area contributed by atoms with Gasteiger partial charge in [-0.3, -0.25) is 14.6 Å². The topological polar surface area (TPSA) is 82.7 Å². The van der Waals surface area contributed by atoms with Gasteiger partial charge >= 0.3 is 11.1 Å². The van der Waals surface area contributed by atoms with Crippen LogP contribution in [0.3, 0.4) is 0 Å². The summed E-state index contributed by atoms with van der Waals surface area (Å²) >= 11 is 1.47. The SMILES string of the molecule is O=c1c(=O)n(C23CC(F)(C2)C3)ccn1Cc1ccc(-c2cncs2)nn1. The van der Waals surface area contributed by atoms with Gasteiger partial charge in [-0.05, 0) is 12.1 Å². The molecule has 3 saturated carbocycles. The van der Waals surface area contributed by atoms with Gasteiger partial charge in [-0.2, -0.15) is 5.10 Å². The first-order valence-electron chi connectivity index (χ1n) is 8.21. The smallest absolute Gasteiger partial charge is 0.303 e. The second-order valence-electron chi connectivity index (χ2n) is 7.09. The summed E-state index contributed by atoms with van der Waals surface area (Å²) in [4.78, 5) is 29.7. The molecule has 0 amide bonds. The molecular weight excluding hydrogens is 357 g/mol. The van der Waals surface area contributed by atoms with Crippen LogP contribution >= 0.6 is 11.3 Å². The van der Waals surface area contributed by atoms with Crippen LogP contribution in [-0.4, -0.2) is 30.0 Å². The lowest BCUT2D eigenvalue weighted by molar-refractivity contribution is -0.199. The van der Waals surface area contributed by atoms with Gasteiger partial charge in [0, 0.05) is 37.9 Å². The molecule has 3 aliphatic carbocycles. The van der Waals surface area contributed by atoms with Gasteiger partial charge in [0.15, 0.2) is 0 Å². The summed E-state index contributed by atoms with van der Waals surface area (Å²) in [6.07, 6.45) is 5.84. The number of hydrogen-bond donors (Lipinski definition) is 0. The maximum atomic E-state index is 13.7. The van der Waals surface area contributed by atoms with Crippen molar-refractivity contribution in [3.63, 3.8) is 0 Å². The minimum Gasteiger partial charge on any atom is -0.303 e. The van der Waals surface area contributed by atoms with Crippen molar-refractivity contribution in [3.8, 4) is 10.6 Å². The van der Waals surface area contributed by atoms with E-state index >= 15 is 0 Å². The molecule has 0 radical (unpaired) electrons. The molecule has 3 aliphatic rings. The molecule has 26 heavy (non-hydrogen) atoms. The third-order valence-corrected chi connectivity index (χ3v) is 6.04. The van der Waals surface area contributed by atoms with Gasteiger partial charge in [0.05, 0.1) is 28.2 Å². The second-order valence-corrected chi connectivity index (χ2v) is 7.97. The Kier molecular flexibility index (Phi) is 3.09. The highest BCUT2D eigenvalue weighted by Crippen LogP contribution is 2.66. The van der Waals surface area contributed by atoms with E-state index in [9.17, 15) is 14.0 Å². The third-order valence-electron chi connectivity index (χ3n) is 5.24. The molecule has 3 fully saturated rings. The molecule has 6 rings (SSSR count).